The van der Waals surface area contributed by atoms with Gasteiger partial charge in [0.2, 0.25) is 5.78 Å². The molecule has 0 N–H and O–H groups in total. The summed E-state index contributed by atoms with van der Waals surface area (Å²) in [4.78, 5) is 23.0. The molecule has 4 heteroatoms. The molecule has 1 atom stereocenters. The quantitative estimate of drug-likeness (QED) is 0.527. The maximum Gasteiger partial charge on any atom is 0.296 e. The number of ketones is 2. The van der Waals surface area contributed by atoms with Crippen LogP contribution in [-0.2, 0) is 9.59 Å². The molecule has 0 bridgehead atoms. The molecule has 1 aliphatic carbocycles. The van der Waals surface area contributed by atoms with Crippen molar-refractivity contribution in [3.05, 3.63) is 0 Å². The summed E-state index contributed by atoms with van der Waals surface area (Å²) in [6.45, 7) is 3.46. The molecule has 2 nitrogen and oxygen atoms in total. The van der Waals surface area contributed by atoms with Crippen LogP contribution in [0.1, 0.15) is 39.5 Å². The van der Waals surface area contributed by atoms with Gasteiger partial charge in [0.25, 0.3) is 6.43 Å². The number of carbonyl (C=O) groups is 2. The van der Waals surface area contributed by atoms with Gasteiger partial charge < -0.3 is 0 Å². The van der Waals surface area contributed by atoms with E-state index in [1.165, 1.54) is 0 Å². The van der Waals surface area contributed by atoms with E-state index in [0.717, 1.165) is 6.42 Å². The molecule has 0 aromatic rings. The summed E-state index contributed by atoms with van der Waals surface area (Å²) < 4.78 is 24.5. The summed E-state index contributed by atoms with van der Waals surface area (Å²) >= 11 is 0. The molecule has 1 saturated carbocycles. The van der Waals surface area contributed by atoms with E-state index in [1.807, 2.05) is 0 Å². The van der Waals surface area contributed by atoms with Gasteiger partial charge in [-0.2, -0.15) is 0 Å². The molecule has 0 heterocycles. The Balaban J connectivity index is 2.88. The fourth-order valence-electron chi connectivity index (χ4n) is 2.06. The summed E-state index contributed by atoms with van der Waals surface area (Å²) in [5.41, 5.74) is -0.633. The molecule has 1 fully saturated rings. The zero-order valence-corrected chi connectivity index (χ0v) is 9.06. The van der Waals surface area contributed by atoms with Crippen LogP contribution in [0.5, 0.6) is 0 Å². The first kappa shape index (κ1) is 12.3. The Morgan fingerprint density at radius 1 is 1.40 bits per heavy atom. The summed E-state index contributed by atoms with van der Waals surface area (Å²) in [5.74, 6) is -2.59. The van der Waals surface area contributed by atoms with Crippen molar-refractivity contribution in [2.24, 2.45) is 11.3 Å². The first-order chi connectivity index (χ1) is 6.86. The second-order valence-electron chi connectivity index (χ2n) is 4.75. The molecule has 0 amide bonds. The van der Waals surface area contributed by atoms with Crippen molar-refractivity contribution in [3.8, 4) is 0 Å². The van der Waals surface area contributed by atoms with Gasteiger partial charge in [-0.05, 0) is 12.8 Å². The molecule has 1 aliphatic rings. The molecule has 0 spiro atoms. The van der Waals surface area contributed by atoms with Crippen LogP contribution in [0.2, 0.25) is 0 Å². The molecular weight excluding hydrogens is 202 g/mol. The van der Waals surface area contributed by atoms with Gasteiger partial charge in [-0.15, -0.1) is 0 Å². The summed E-state index contributed by atoms with van der Waals surface area (Å²) in [5, 5.41) is 0. The molecule has 0 aromatic carbocycles. The van der Waals surface area contributed by atoms with E-state index in [2.05, 4.69) is 0 Å². The number of Topliss-reactive ketones (excluding diaryl/α,β-unsaturated/α-hetero) is 2. The zero-order chi connectivity index (χ0) is 11.6. The summed E-state index contributed by atoms with van der Waals surface area (Å²) in [6.07, 6.45) is -0.554. The Labute approximate surface area is 88.0 Å². The second kappa shape index (κ2) is 4.37. The van der Waals surface area contributed by atoms with Gasteiger partial charge in [0.15, 0.2) is 0 Å². The second-order valence-corrected chi connectivity index (χ2v) is 4.75. The van der Waals surface area contributed by atoms with Crippen molar-refractivity contribution in [2.45, 2.75) is 46.0 Å². The maximum absolute atomic E-state index is 12.3. The molecular formula is C11H16F2O2. The summed E-state index contributed by atoms with van der Waals surface area (Å²) in [6, 6.07) is 0. The average molecular weight is 218 g/mol. The van der Waals surface area contributed by atoms with Gasteiger partial charge in [-0.1, -0.05) is 26.7 Å². The highest BCUT2D eigenvalue weighted by molar-refractivity contribution is 6.05. The van der Waals surface area contributed by atoms with E-state index < -0.39 is 23.5 Å². The first-order valence-corrected chi connectivity index (χ1v) is 5.22. The lowest BCUT2D eigenvalue weighted by molar-refractivity contribution is -0.143. The predicted octanol–water partition coefficient (Wildman–Crippen LogP) is 2.61. The van der Waals surface area contributed by atoms with Crippen LogP contribution in [0.3, 0.4) is 0 Å². The van der Waals surface area contributed by atoms with E-state index in [1.54, 1.807) is 13.8 Å². The van der Waals surface area contributed by atoms with Crippen molar-refractivity contribution in [1.82, 2.24) is 0 Å². The largest absolute Gasteiger partial charge is 0.298 e. The fourth-order valence-corrected chi connectivity index (χ4v) is 2.06. The highest BCUT2D eigenvalue weighted by atomic mass is 19.3. The highest BCUT2D eigenvalue weighted by Gasteiger charge is 2.41. The fraction of sp³-hybridized carbons (Fsp3) is 0.818. The monoisotopic (exact) mass is 218 g/mol. The number of rotatable bonds is 2. The molecule has 1 rings (SSSR count). The Bertz CT molecular complexity index is 272. The minimum absolute atomic E-state index is 0.283. The van der Waals surface area contributed by atoms with Crippen molar-refractivity contribution in [2.75, 3.05) is 0 Å². The minimum atomic E-state index is -3.02. The number of halogens is 2. The van der Waals surface area contributed by atoms with Crippen LogP contribution in [0, 0.1) is 11.3 Å². The van der Waals surface area contributed by atoms with E-state index in [0.29, 0.717) is 12.8 Å². The Morgan fingerprint density at radius 3 is 2.53 bits per heavy atom. The third-order valence-electron chi connectivity index (χ3n) is 3.09. The molecule has 1 unspecified atom stereocenters. The van der Waals surface area contributed by atoms with E-state index in [-0.39, 0.29) is 12.2 Å². The van der Waals surface area contributed by atoms with Crippen LogP contribution in [0.4, 0.5) is 8.78 Å². The molecule has 15 heavy (non-hydrogen) atoms. The zero-order valence-electron chi connectivity index (χ0n) is 9.06. The van der Waals surface area contributed by atoms with Crippen LogP contribution < -0.4 is 0 Å². The standard InChI is InChI=1S/C11H16F2O2/c1-11(2)6-4-3-5-7(9(11)15)8(14)10(12)13/h7,10H,3-6H2,1-2H3. The Kier molecular flexibility index (Phi) is 3.58. The molecule has 0 aromatic heterocycles. The smallest absolute Gasteiger partial charge is 0.296 e. The SMILES string of the molecule is CC1(C)CCCCC(C(=O)C(F)F)C1=O. The average Bonchev–Trinajstić information content (AvgIpc) is 2.27. The lowest BCUT2D eigenvalue weighted by Crippen LogP contribution is -2.36. The van der Waals surface area contributed by atoms with Gasteiger partial charge in [-0.3, -0.25) is 9.59 Å². The third-order valence-corrected chi connectivity index (χ3v) is 3.09. The number of hydrogen-bond donors (Lipinski definition) is 0. The topological polar surface area (TPSA) is 34.1 Å². The minimum Gasteiger partial charge on any atom is -0.298 e. The summed E-state index contributed by atoms with van der Waals surface area (Å²) in [7, 11) is 0. The van der Waals surface area contributed by atoms with Crippen molar-refractivity contribution in [1.29, 1.82) is 0 Å². The number of hydrogen-bond acceptors (Lipinski definition) is 2. The lowest BCUT2D eigenvalue weighted by atomic mass is 9.78. The van der Waals surface area contributed by atoms with E-state index in [9.17, 15) is 18.4 Å². The van der Waals surface area contributed by atoms with Crippen LogP contribution in [0.25, 0.3) is 0 Å². The number of alkyl halides is 2. The van der Waals surface area contributed by atoms with Crippen LogP contribution in [-0.4, -0.2) is 18.0 Å². The van der Waals surface area contributed by atoms with Crippen LogP contribution in [0.15, 0.2) is 0 Å². The Hall–Kier alpha value is -0.800. The Morgan fingerprint density at radius 2 is 2.00 bits per heavy atom. The van der Waals surface area contributed by atoms with Gasteiger partial charge in [-0.25, -0.2) is 8.78 Å². The van der Waals surface area contributed by atoms with Crippen LogP contribution >= 0.6 is 0 Å². The van der Waals surface area contributed by atoms with Gasteiger partial charge in [0, 0.05) is 5.41 Å². The first-order valence-electron chi connectivity index (χ1n) is 5.22. The molecule has 86 valence electrons. The van der Waals surface area contributed by atoms with E-state index in [4.69, 9.17) is 0 Å². The maximum atomic E-state index is 12.3. The van der Waals surface area contributed by atoms with Gasteiger partial charge in [0.05, 0.1) is 5.92 Å². The predicted molar refractivity (Wildman–Crippen MR) is 51.8 cm³/mol. The van der Waals surface area contributed by atoms with Crippen molar-refractivity contribution in [3.63, 3.8) is 0 Å². The van der Waals surface area contributed by atoms with Crippen molar-refractivity contribution < 1.29 is 18.4 Å². The normalized spacial score (nSPS) is 26.5. The number of carbonyl (C=O) groups excluding carboxylic acids is 2. The molecule has 0 radical (unpaired) electrons. The lowest BCUT2D eigenvalue weighted by Gasteiger charge is -2.23. The molecule has 0 saturated heterocycles. The van der Waals surface area contributed by atoms with E-state index >= 15 is 0 Å². The van der Waals surface area contributed by atoms with Crippen molar-refractivity contribution >= 4 is 11.6 Å². The third kappa shape index (κ3) is 2.61. The highest BCUT2D eigenvalue weighted by Crippen LogP contribution is 2.34. The molecule has 0 aliphatic heterocycles. The van der Waals surface area contributed by atoms with Gasteiger partial charge >= 0.3 is 0 Å². The van der Waals surface area contributed by atoms with Gasteiger partial charge in [0.1, 0.15) is 5.78 Å².